The molecule has 1 aliphatic rings. The monoisotopic (exact) mass is 250 g/mol. The molecule has 1 amide bonds. The number of carbonyl (C=O) groups excluding carboxylic acids is 1. The lowest BCUT2D eigenvalue weighted by Gasteiger charge is -2.31. The molecule has 18 heavy (non-hydrogen) atoms. The fourth-order valence-electron chi connectivity index (χ4n) is 1.68. The molecule has 3 nitrogen and oxygen atoms in total. The number of carbonyl (C=O) groups is 1. The second-order valence-electron chi connectivity index (χ2n) is 4.03. The molecule has 0 radical (unpaired) electrons. The molecular formula is C15H26N2O. The molecule has 0 spiro atoms. The van der Waals surface area contributed by atoms with Crippen LogP contribution in [-0.2, 0) is 17.8 Å². The lowest BCUT2D eigenvalue weighted by atomic mass is 9.98. The first kappa shape index (κ1) is 16.6. The maximum absolute atomic E-state index is 10.6. The molecule has 2 rings (SSSR count). The van der Waals surface area contributed by atoms with Crippen molar-refractivity contribution in [3.8, 4) is 0 Å². The van der Waals surface area contributed by atoms with Crippen molar-refractivity contribution in [2.75, 3.05) is 0 Å². The Kier molecular flexibility index (Phi) is 8.93. The lowest BCUT2D eigenvalue weighted by Crippen LogP contribution is -2.45. The number of hydrogen-bond donors (Lipinski definition) is 1. The Morgan fingerprint density at radius 2 is 1.78 bits per heavy atom. The van der Waals surface area contributed by atoms with Crippen LogP contribution < -0.4 is 5.73 Å². The van der Waals surface area contributed by atoms with Gasteiger partial charge in [0.2, 0.25) is 6.41 Å². The predicted molar refractivity (Wildman–Crippen MR) is 77.0 cm³/mol. The number of nitrogens with two attached hydrogens (primary N) is 1. The minimum atomic E-state index is -0.160. The van der Waals surface area contributed by atoms with E-state index in [1.165, 1.54) is 17.5 Å². The number of hydrogen-bond acceptors (Lipinski definition) is 2. The lowest BCUT2D eigenvalue weighted by molar-refractivity contribution is -0.121. The second-order valence-corrected chi connectivity index (χ2v) is 4.03. The van der Waals surface area contributed by atoms with Gasteiger partial charge in [-0.3, -0.25) is 4.79 Å². The molecule has 2 N–H and O–H groups in total. The van der Waals surface area contributed by atoms with Crippen LogP contribution in [0.5, 0.6) is 0 Å². The average molecular weight is 250 g/mol. The summed E-state index contributed by atoms with van der Waals surface area (Å²) in [5.74, 6) is 0. The Morgan fingerprint density at radius 1 is 1.28 bits per heavy atom. The summed E-state index contributed by atoms with van der Waals surface area (Å²) in [5, 5.41) is 0. The highest BCUT2D eigenvalue weighted by Crippen LogP contribution is 2.19. The van der Waals surface area contributed by atoms with E-state index in [9.17, 15) is 4.79 Å². The van der Waals surface area contributed by atoms with Crippen molar-refractivity contribution < 1.29 is 4.79 Å². The summed E-state index contributed by atoms with van der Waals surface area (Å²) in [6.45, 7) is 8.89. The van der Waals surface area contributed by atoms with Crippen LogP contribution in [0.1, 0.15) is 45.2 Å². The number of nitrogens with zero attached hydrogens (tertiary/aromatic N) is 1. The zero-order valence-electron chi connectivity index (χ0n) is 12.0. The van der Waals surface area contributed by atoms with Gasteiger partial charge in [-0.1, -0.05) is 58.4 Å². The van der Waals surface area contributed by atoms with Gasteiger partial charge in [-0.2, -0.15) is 0 Å². The molecule has 1 aromatic rings. The Balaban J connectivity index is 0.000000509. The SMILES string of the molecule is CC.CCC.NC1Cc2ccccc2CN1C=O. The summed E-state index contributed by atoms with van der Waals surface area (Å²) in [6, 6.07) is 8.09. The van der Waals surface area contributed by atoms with Crippen LogP contribution in [0.2, 0.25) is 0 Å². The van der Waals surface area contributed by atoms with Gasteiger partial charge in [0.1, 0.15) is 0 Å². The zero-order valence-corrected chi connectivity index (χ0v) is 12.0. The highest BCUT2D eigenvalue weighted by Gasteiger charge is 2.20. The first-order chi connectivity index (χ1) is 8.72. The fourth-order valence-corrected chi connectivity index (χ4v) is 1.68. The number of rotatable bonds is 1. The third-order valence-corrected chi connectivity index (χ3v) is 2.46. The molecule has 102 valence electrons. The summed E-state index contributed by atoms with van der Waals surface area (Å²) >= 11 is 0. The van der Waals surface area contributed by atoms with Gasteiger partial charge in [0.05, 0.1) is 6.17 Å². The Labute approximate surface area is 111 Å². The van der Waals surface area contributed by atoms with Gasteiger partial charge in [0.25, 0.3) is 0 Å². The van der Waals surface area contributed by atoms with Crippen LogP contribution in [0.4, 0.5) is 0 Å². The molecule has 1 aliphatic heterocycles. The van der Waals surface area contributed by atoms with Gasteiger partial charge in [0.15, 0.2) is 0 Å². The van der Waals surface area contributed by atoms with E-state index in [2.05, 4.69) is 19.9 Å². The van der Waals surface area contributed by atoms with Gasteiger partial charge >= 0.3 is 0 Å². The number of benzene rings is 1. The molecule has 0 bridgehead atoms. The van der Waals surface area contributed by atoms with E-state index in [1.54, 1.807) is 4.90 Å². The average Bonchev–Trinajstić information content (AvgIpc) is 2.41. The number of fused-ring (bicyclic) bond motifs is 1. The summed E-state index contributed by atoms with van der Waals surface area (Å²) < 4.78 is 0. The standard InChI is InChI=1S/C10H12N2O.C3H8.C2H6/c11-10-5-8-3-1-2-4-9(8)6-12(10)7-13;1-3-2;1-2/h1-4,7,10H,5-6,11H2;3H2,1-2H3;1-2H3. The van der Waals surface area contributed by atoms with E-state index in [0.717, 1.165) is 12.8 Å². The molecule has 1 unspecified atom stereocenters. The minimum absolute atomic E-state index is 0.160. The second kappa shape index (κ2) is 9.66. The maximum atomic E-state index is 10.6. The highest BCUT2D eigenvalue weighted by atomic mass is 16.1. The van der Waals surface area contributed by atoms with Crippen molar-refractivity contribution in [1.29, 1.82) is 0 Å². The smallest absolute Gasteiger partial charge is 0.211 e. The molecule has 0 fully saturated rings. The zero-order chi connectivity index (χ0) is 14.0. The molecule has 3 heteroatoms. The quantitative estimate of drug-likeness (QED) is 0.779. The third-order valence-electron chi connectivity index (χ3n) is 2.46. The van der Waals surface area contributed by atoms with Gasteiger partial charge in [-0.05, 0) is 11.1 Å². The molecule has 1 heterocycles. The minimum Gasteiger partial charge on any atom is -0.325 e. The van der Waals surface area contributed by atoms with Crippen LogP contribution >= 0.6 is 0 Å². The largest absolute Gasteiger partial charge is 0.325 e. The molecule has 0 aliphatic carbocycles. The molecule has 0 saturated carbocycles. The Bertz CT molecular complexity index is 339. The van der Waals surface area contributed by atoms with Crippen molar-refractivity contribution in [3.05, 3.63) is 35.4 Å². The maximum Gasteiger partial charge on any atom is 0.211 e. The molecule has 0 saturated heterocycles. The van der Waals surface area contributed by atoms with Crippen molar-refractivity contribution in [2.24, 2.45) is 5.73 Å². The summed E-state index contributed by atoms with van der Waals surface area (Å²) in [7, 11) is 0. The van der Waals surface area contributed by atoms with Gasteiger partial charge in [-0.15, -0.1) is 0 Å². The normalized spacial score (nSPS) is 16.5. The first-order valence-corrected chi connectivity index (χ1v) is 6.76. The number of amides is 1. The van der Waals surface area contributed by atoms with Crippen LogP contribution in [0.3, 0.4) is 0 Å². The van der Waals surface area contributed by atoms with Crippen molar-refractivity contribution in [2.45, 2.75) is 53.2 Å². The Hall–Kier alpha value is -1.35. The summed E-state index contributed by atoms with van der Waals surface area (Å²) in [5.41, 5.74) is 8.26. The van der Waals surface area contributed by atoms with Crippen LogP contribution in [-0.4, -0.2) is 17.5 Å². The van der Waals surface area contributed by atoms with Crippen LogP contribution in [0.25, 0.3) is 0 Å². The van der Waals surface area contributed by atoms with Crippen LogP contribution in [0, 0.1) is 0 Å². The Morgan fingerprint density at radius 3 is 2.28 bits per heavy atom. The first-order valence-electron chi connectivity index (χ1n) is 6.76. The van der Waals surface area contributed by atoms with Crippen molar-refractivity contribution in [1.82, 2.24) is 4.90 Å². The molecule has 1 aromatic carbocycles. The van der Waals surface area contributed by atoms with E-state index in [-0.39, 0.29) is 6.17 Å². The van der Waals surface area contributed by atoms with E-state index in [4.69, 9.17) is 5.73 Å². The van der Waals surface area contributed by atoms with Crippen molar-refractivity contribution in [3.63, 3.8) is 0 Å². The van der Waals surface area contributed by atoms with Crippen LogP contribution in [0.15, 0.2) is 24.3 Å². The predicted octanol–water partition coefficient (Wildman–Crippen LogP) is 2.93. The van der Waals surface area contributed by atoms with E-state index < -0.39 is 0 Å². The van der Waals surface area contributed by atoms with E-state index in [1.807, 2.05) is 32.0 Å². The van der Waals surface area contributed by atoms with Gasteiger partial charge < -0.3 is 10.6 Å². The molecule has 1 atom stereocenters. The topological polar surface area (TPSA) is 46.3 Å². The molecular weight excluding hydrogens is 224 g/mol. The third kappa shape index (κ3) is 4.88. The molecule has 0 aromatic heterocycles. The van der Waals surface area contributed by atoms with E-state index >= 15 is 0 Å². The van der Waals surface area contributed by atoms with Gasteiger partial charge in [-0.25, -0.2) is 0 Å². The van der Waals surface area contributed by atoms with E-state index in [0.29, 0.717) is 6.54 Å². The summed E-state index contributed by atoms with van der Waals surface area (Å²) in [4.78, 5) is 12.3. The summed E-state index contributed by atoms with van der Waals surface area (Å²) in [6.07, 6.45) is 2.67. The highest BCUT2D eigenvalue weighted by molar-refractivity contribution is 5.50. The van der Waals surface area contributed by atoms with Gasteiger partial charge in [0, 0.05) is 13.0 Å². The fraction of sp³-hybridized carbons (Fsp3) is 0.533. The van der Waals surface area contributed by atoms with Crippen molar-refractivity contribution >= 4 is 6.41 Å².